The highest BCUT2D eigenvalue weighted by molar-refractivity contribution is 7.89. The minimum atomic E-state index is -3.74. The zero-order chi connectivity index (χ0) is 24.4. The van der Waals surface area contributed by atoms with Gasteiger partial charge in [-0.25, -0.2) is 13.2 Å². The maximum atomic E-state index is 13.4. The third-order valence-electron chi connectivity index (χ3n) is 5.33. The third kappa shape index (κ3) is 5.75. The summed E-state index contributed by atoms with van der Waals surface area (Å²) in [6.07, 6.45) is -0.662. The number of nitrogens with one attached hydrogen (secondary N) is 1. The summed E-state index contributed by atoms with van der Waals surface area (Å²) in [5.74, 6) is -0.279. The van der Waals surface area contributed by atoms with Crippen molar-refractivity contribution in [3.63, 3.8) is 0 Å². The van der Waals surface area contributed by atoms with Crippen LogP contribution in [0.4, 0.5) is 10.5 Å². The molecule has 1 fully saturated rings. The van der Waals surface area contributed by atoms with Gasteiger partial charge in [-0.3, -0.25) is 4.79 Å². The summed E-state index contributed by atoms with van der Waals surface area (Å²) in [6, 6.07) is 10.9. The predicted molar refractivity (Wildman–Crippen MR) is 128 cm³/mol. The Hall–Kier alpha value is -2.85. The Bertz CT molecular complexity index is 1130. The lowest BCUT2D eigenvalue weighted by atomic mass is 10.1. The van der Waals surface area contributed by atoms with Gasteiger partial charge in [0.1, 0.15) is 12.1 Å². The molecular weight excluding hydrogens is 444 g/mol. The molecule has 0 aliphatic carbocycles. The molecule has 0 bridgehead atoms. The zero-order valence-corrected chi connectivity index (χ0v) is 20.6. The number of hydrogen-bond donors (Lipinski definition) is 1. The Balaban J connectivity index is 1.68. The van der Waals surface area contributed by atoms with Gasteiger partial charge in [-0.05, 0) is 32.9 Å². The van der Waals surface area contributed by atoms with Crippen LogP contribution in [0.2, 0.25) is 0 Å². The molecule has 1 heterocycles. The van der Waals surface area contributed by atoms with E-state index < -0.39 is 21.7 Å². The largest absolute Gasteiger partial charge is 0.444 e. The van der Waals surface area contributed by atoms with Crippen LogP contribution in [0.5, 0.6) is 0 Å². The van der Waals surface area contributed by atoms with Gasteiger partial charge in [-0.15, -0.1) is 0 Å². The van der Waals surface area contributed by atoms with Gasteiger partial charge in [-0.2, -0.15) is 4.31 Å². The average molecular weight is 477 g/mol. The summed E-state index contributed by atoms with van der Waals surface area (Å²) >= 11 is 0. The van der Waals surface area contributed by atoms with Crippen LogP contribution in [0.25, 0.3) is 10.8 Å². The molecule has 33 heavy (non-hydrogen) atoms. The third-order valence-corrected chi connectivity index (χ3v) is 7.29. The first kappa shape index (κ1) is 24.8. The number of sulfonamides is 1. The van der Waals surface area contributed by atoms with Crippen LogP contribution >= 0.6 is 0 Å². The second kappa shape index (κ2) is 9.56. The minimum Gasteiger partial charge on any atom is -0.444 e. The fourth-order valence-electron chi connectivity index (χ4n) is 3.77. The van der Waals surface area contributed by atoms with Gasteiger partial charge < -0.3 is 19.9 Å². The number of carbonyl (C=O) groups excluding carboxylic acids is 2. The van der Waals surface area contributed by atoms with E-state index in [9.17, 15) is 18.0 Å². The summed E-state index contributed by atoms with van der Waals surface area (Å²) < 4.78 is 33.4. The zero-order valence-electron chi connectivity index (χ0n) is 19.8. The van der Waals surface area contributed by atoms with E-state index >= 15 is 0 Å². The highest BCUT2D eigenvalue weighted by atomic mass is 32.2. The number of alkyl carbamates (subject to hydrolysis) is 1. The first-order valence-electron chi connectivity index (χ1n) is 10.8. The van der Waals surface area contributed by atoms with Crippen molar-refractivity contribution in [2.24, 2.45) is 0 Å². The van der Waals surface area contributed by atoms with Crippen molar-refractivity contribution in [1.29, 1.82) is 0 Å². The number of rotatable bonds is 5. The Morgan fingerprint density at radius 3 is 2.21 bits per heavy atom. The molecule has 9 nitrogen and oxygen atoms in total. The second-order valence-electron chi connectivity index (χ2n) is 9.16. The summed E-state index contributed by atoms with van der Waals surface area (Å²) in [6.45, 7) is 5.90. The summed E-state index contributed by atoms with van der Waals surface area (Å²) in [5, 5.41) is 3.99. The molecule has 0 radical (unpaired) electrons. The Kier molecular flexibility index (Phi) is 7.18. The summed E-state index contributed by atoms with van der Waals surface area (Å²) in [4.78, 5) is 28.0. The van der Waals surface area contributed by atoms with Crippen LogP contribution in [0.15, 0.2) is 41.3 Å². The van der Waals surface area contributed by atoms with E-state index in [-0.39, 0.29) is 43.5 Å². The predicted octanol–water partition coefficient (Wildman–Crippen LogP) is 2.26. The molecule has 3 rings (SSSR count). The molecule has 0 saturated carbocycles. The minimum absolute atomic E-state index is 0.185. The van der Waals surface area contributed by atoms with Gasteiger partial charge in [0.15, 0.2) is 0 Å². The van der Waals surface area contributed by atoms with Gasteiger partial charge in [0.05, 0.1) is 4.90 Å². The van der Waals surface area contributed by atoms with Gasteiger partial charge >= 0.3 is 6.09 Å². The Morgan fingerprint density at radius 1 is 1.00 bits per heavy atom. The second-order valence-corrected chi connectivity index (χ2v) is 11.1. The number of piperazine rings is 1. The van der Waals surface area contributed by atoms with E-state index in [0.29, 0.717) is 5.39 Å². The topological polar surface area (TPSA) is 99.3 Å². The number of benzene rings is 2. The normalized spacial score (nSPS) is 15.4. The SMILES string of the molecule is CN(C)c1cccc2c(S(=O)(=O)N3CCN(C(=O)CNC(=O)OC(C)(C)C)CC3)cccc12. The monoisotopic (exact) mass is 476 g/mol. The molecule has 0 aromatic heterocycles. The quantitative estimate of drug-likeness (QED) is 0.711. The number of fused-ring (bicyclic) bond motifs is 1. The molecule has 2 aromatic rings. The molecule has 2 aromatic carbocycles. The maximum absolute atomic E-state index is 13.4. The van der Waals surface area contributed by atoms with Crippen LogP contribution in [0, 0.1) is 0 Å². The van der Waals surface area contributed by atoms with Crippen LogP contribution in [-0.4, -0.2) is 82.0 Å². The number of carbonyl (C=O) groups is 2. The molecular formula is C23H32N4O5S. The fraction of sp³-hybridized carbons (Fsp3) is 0.478. The molecule has 1 N–H and O–H groups in total. The highest BCUT2D eigenvalue weighted by Gasteiger charge is 2.31. The number of amides is 2. The molecule has 1 aliphatic rings. The van der Waals surface area contributed by atoms with E-state index in [0.717, 1.165) is 11.1 Å². The van der Waals surface area contributed by atoms with Crippen LogP contribution < -0.4 is 10.2 Å². The van der Waals surface area contributed by atoms with Crippen molar-refractivity contribution >= 4 is 38.5 Å². The maximum Gasteiger partial charge on any atom is 0.408 e. The van der Waals surface area contributed by atoms with Crippen LogP contribution in [0.3, 0.4) is 0 Å². The molecule has 180 valence electrons. The lowest BCUT2D eigenvalue weighted by Gasteiger charge is -2.34. The first-order valence-corrected chi connectivity index (χ1v) is 12.3. The van der Waals surface area contributed by atoms with Gasteiger partial charge in [-0.1, -0.05) is 24.3 Å². The van der Waals surface area contributed by atoms with Crippen LogP contribution in [-0.2, 0) is 19.6 Å². The molecule has 10 heteroatoms. The van der Waals surface area contributed by atoms with Gasteiger partial charge in [0.2, 0.25) is 15.9 Å². The Morgan fingerprint density at radius 2 is 1.61 bits per heavy atom. The summed E-state index contributed by atoms with van der Waals surface area (Å²) in [7, 11) is 0.102. The smallest absolute Gasteiger partial charge is 0.408 e. The molecule has 1 aliphatic heterocycles. The summed E-state index contributed by atoms with van der Waals surface area (Å²) in [5.41, 5.74) is 0.291. The molecule has 0 atom stereocenters. The molecule has 2 amide bonds. The van der Waals surface area contributed by atoms with Crippen molar-refractivity contribution in [3.8, 4) is 0 Å². The number of nitrogens with zero attached hydrogens (tertiary/aromatic N) is 3. The number of ether oxygens (including phenoxy) is 1. The average Bonchev–Trinajstić information content (AvgIpc) is 2.75. The van der Waals surface area contributed by atoms with E-state index in [1.54, 1.807) is 37.8 Å². The number of hydrogen-bond acceptors (Lipinski definition) is 6. The van der Waals surface area contributed by atoms with E-state index in [2.05, 4.69) is 5.32 Å². The van der Waals surface area contributed by atoms with Gasteiger partial charge in [0, 0.05) is 56.7 Å². The Labute approximate surface area is 195 Å². The van der Waals surface area contributed by atoms with E-state index in [1.165, 1.54) is 4.31 Å². The van der Waals surface area contributed by atoms with E-state index in [1.807, 2.05) is 43.3 Å². The molecule has 0 spiro atoms. The standard InChI is InChI=1S/C23H32N4O5S/c1-23(2,3)32-22(29)24-16-21(28)26-12-14-27(15-13-26)33(30,31)20-11-7-8-17-18(20)9-6-10-19(17)25(4)5/h6-11H,12-16H2,1-5H3,(H,24,29). The molecule has 0 unspecified atom stereocenters. The van der Waals surface area contributed by atoms with Crippen molar-refractivity contribution in [2.45, 2.75) is 31.3 Å². The van der Waals surface area contributed by atoms with Crippen LogP contribution in [0.1, 0.15) is 20.8 Å². The van der Waals surface area contributed by atoms with Crippen molar-refractivity contribution in [1.82, 2.24) is 14.5 Å². The number of anilines is 1. The lowest BCUT2D eigenvalue weighted by molar-refractivity contribution is -0.131. The first-order chi connectivity index (χ1) is 15.4. The van der Waals surface area contributed by atoms with Crippen molar-refractivity contribution in [3.05, 3.63) is 36.4 Å². The van der Waals surface area contributed by atoms with Crippen molar-refractivity contribution < 1.29 is 22.7 Å². The fourth-order valence-corrected chi connectivity index (χ4v) is 5.40. The highest BCUT2D eigenvalue weighted by Crippen LogP contribution is 2.31. The van der Waals surface area contributed by atoms with Crippen molar-refractivity contribution in [2.75, 3.05) is 51.7 Å². The lowest BCUT2D eigenvalue weighted by Crippen LogP contribution is -2.52. The van der Waals surface area contributed by atoms with Gasteiger partial charge in [0.25, 0.3) is 0 Å². The molecule has 1 saturated heterocycles. The van der Waals surface area contributed by atoms with E-state index in [4.69, 9.17) is 4.74 Å².